The van der Waals surface area contributed by atoms with Crippen LogP contribution < -0.4 is 10.6 Å². The first kappa shape index (κ1) is 16.5. The van der Waals surface area contributed by atoms with Crippen molar-refractivity contribution in [1.29, 1.82) is 5.26 Å². The normalized spacial score (nSPS) is 10.5. The van der Waals surface area contributed by atoms with Gasteiger partial charge < -0.3 is 15.7 Å². The summed E-state index contributed by atoms with van der Waals surface area (Å²) in [4.78, 5) is 23.1. The maximum Gasteiger partial charge on any atom is 0.319 e. The summed E-state index contributed by atoms with van der Waals surface area (Å²) in [5.74, 6) is -0.917. The van der Waals surface area contributed by atoms with E-state index in [1.807, 2.05) is 6.07 Å². The van der Waals surface area contributed by atoms with Crippen LogP contribution in [-0.2, 0) is 4.79 Å². The zero-order valence-corrected chi connectivity index (χ0v) is 12.1. The molecule has 1 aromatic rings. The Bertz CT molecular complexity index is 560. The van der Waals surface area contributed by atoms with Gasteiger partial charge in [-0.15, -0.1) is 0 Å². The number of carbonyl (C=O) groups excluding carboxylic acids is 1. The van der Waals surface area contributed by atoms with Crippen LogP contribution in [0.3, 0.4) is 0 Å². The quantitative estimate of drug-likeness (QED) is 0.748. The number of nitrogens with zero attached hydrogens (tertiary/aromatic N) is 1. The van der Waals surface area contributed by atoms with E-state index in [1.54, 1.807) is 38.1 Å². The van der Waals surface area contributed by atoms with Crippen molar-refractivity contribution in [3.8, 4) is 6.07 Å². The first-order valence-corrected chi connectivity index (χ1v) is 6.76. The molecule has 3 N–H and O–H groups in total. The van der Waals surface area contributed by atoms with Gasteiger partial charge in [0.15, 0.2) is 0 Å². The third kappa shape index (κ3) is 4.21. The Labute approximate surface area is 123 Å². The van der Waals surface area contributed by atoms with Crippen LogP contribution in [0.4, 0.5) is 10.5 Å². The van der Waals surface area contributed by atoms with Gasteiger partial charge in [0.05, 0.1) is 17.0 Å². The Morgan fingerprint density at radius 3 is 2.52 bits per heavy atom. The van der Waals surface area contributed by atoms with Crippen molar-refractivity contribution in [2.75, 3.05) is 11.9 Å². The highest BCUT2D eigenvalue weighted by molar-refractivity contribution is 5.89. The van der Waals surface area contributed by atoms with E-state index < -0.39 is 17.4 Å². The monoisotopic (exact) mass is 289 g/mol. The van der Waals surface area contributed by atoms with E-state index in [0.717, 1.165) is 0 Å². The van der Waals surface area contributed by atoms with E-state index in [4.69, 9.17) is 5.26 Å². The van der Waals surface area contributed by atoms with Gasteiger partial charge in [0, 0.05) is 12.2 Å². The van der Waals surface area contributed by atoms with Crippen LogP contribution in [-0.4, -0.2) is 23.7 Å². The fourth-order valence-corrected chi connectivity index (χ4v) is 1.97. The van der Waals surface area contributed by atoms with E-state index in [0.29, 0.717) is 24.1 Å². The van der Waals surface area contributed by atoms with Crippen LogP contribution in [0.2, 0.25) is 0 Å². The fraction of sp³-hybridized carbons (Fsp3) is 0.400. The number of amides is 2. The predicted molar refractivity (Wildman–Crippen MR) is 78.8 cm³/mol. The Kier molecular flexibility index (Phi) is 5.73. The summed E-state index contributed by atoms with van der Waals surface area (Å²) in [6.07, 6.45) is 0.867. The largest absolute Gasteiger partial charge is 0.481 e. The van der Waals surface area contributed by atoms with Crippen LogP contribution in [0, 0.1) is 16.7 Å². The molecule has 0 unspecified atom stereocenters. The number of carbonyl (C=O) groups is 2. The van der Waals surface area contributed by atoms with Crippen LogP contribution in [0.5, 0.6) is 0 Å². The van der Waals surface area contributed by atoms with E-state index >= 15 is 0 Å². The lowest BCUT2D eigenvalue weighted by atomic mass is 9.82. The van der Waals surface area contributed by atoms with Crippen molar-refractivity contribution in [1.82, 2.24) is 5.32 Å². The summed E-state index contributed by atoms with van der Waals surface area (Å²) in [7, 11) is 0. The van der Waals surface area contributed by atoms with Crippen LogP contribution in [0.1, 0.15) is 32.3 Å². The van der Waals surface area contributed by atoms with Crippen LogP contribution >= 0.6 is 0 Å². The summed E-state index contributed by atoms with van der Waals surface area (Å²) < 4.78 is 0. The Hall–Kier alpha value is -2.55. The highest BCUT2D eigenvalue weighted by atomic mass is 16.4. The summed E-state index contributed by atoms with van der Waals surface area (Å²) in [6.45, 7) is 3.63. The molecule has 0 heterocycles. The second kappa shape index (κ2) is 7.29. The molecule has 1 rings (SSSR count). The van der Waals surface area contributed by atoms with Crippen molar-refractivity contribution < 1.29 is 14.7 Å². The van der Waals surface area contributed by atoms with E-state index in [2.05, 4.69) is 10.6 Å². The molecule has 0 saturated carbocycles. The third-order valence-electron chi connectivity index (χ3n) is 3.64. The average Bonchev–Trinajstić information content (AvgIpc) is 2.48. The lowest BCUT2D eigenvalue weighted by Gasteiger charge is -2.26. The molecular formula is C15H19N3O3. The Balaban J connectivity index is 2.65. The van der Waals surface area contributed by atoms with Gasteiger partial charge in [0.2, 0.25) is 0 Å². The van der Waals surface area contributed by atoms with Crippen molar-refractivity contribution in [3.05, 3.63) is 29.8 Å². The van der Waals surface area contributed by atoms with Gasteiger partial charge in [-0.05, 0) is 31.0 Å². The molecule has 0 spiro atoms. The van der Waals surface area contributed by atoms with Crippen molar-refractivity contribution in [3.63, 3.8) is 0 Å². The Morgan fingerprint density at radius 2 is 2.00 bits per heavy atom. The van der Waals surface area contributed by atoms with Gasteiger partial charge in [-0.25, -0.2) is 4.79 Å². The van der Waals surface area contributed by atoms with Crippen LogP contribution in [0.15, 0.2) is 24.3 Å². The number of nitrogens with one attached hydrogen (secondary N) is 2. The van der Waals surface area contributed by atoms with Gasteiger partial charge in [-0.1, -0.05) is 19.9 Å². The molecule has 0 bridgehead atoms. The zero-order chi connectivity index (χ0) is 15.9. The second-order valence-electron chi connectivity index (χ2n) is 4.79. The molecule has 112 valence electrons. The van der Waals surface area contributed by atoms with Crippen LogP contribution in [0.25, 0.3) is 0 Å². The van der Waals surface area contributed by atoms with Gasteiger partial charge in [-0.3, -0.25) is 4.79 Å². The summed E-state index contributed by atoms with van der Waals surface area (Å²) in [5.41, 5.74) is -0.0264. The molecule has 1 aromatic carbocycles. The van der Waals surface area contributed by atoms with Gasteiger partial charge >= 0.3 is 12.0 Å². The highest BCUT2D eigenvalue weighted by Crippen LogP contribution is 2.25. The third-order valence-corrected chi connectivity index (χ3v) is 3.64. The highest BCUT2D eigenvalue weighted by Gasteiger charge is 2.35. The molecule has 0 aliphatic rings. The van der Waals surface area contributed by atoms with Crippen molar-refractivity contribution >= 4 is 17.7 Å². The van der Waals surface area contributed by atoms with Crippen molar-refractivity contribution in [2.45, 2.75) is 26.7 Å². The standard InChI is InChI=1S/C15H19N3O3/c1-3-15(4-2,13(19)20)10-17-14(21)18-12-7-5-6-11(8-12)9-16/h5-8H,3-4,10H2,1-2H3,(H,19,20)(H2,17,18,21). The SMILES string of the molecule is CCC(CC)(CNC(=O)Nc1cccc(C#N)c1)C(=O)O. The number of hydrogen-bond acceptors (Lipinski definition) is 3. The van der Waals surface area contributed by atoms with E-state index in [-0.39, 0.29) is 6.54 Å². The minimum Gasteiger partial charge on any atom is -0.481 e. The number of aliphatic carboxylic acids is 1. The molecule has 0 saturated heterocycles. The number of carboxylic acid groups (broad SMARTS) is 1. The van der Waals surface area contributed by atoms with Crippen molar-refractivity contribution in [2.24, 2.45) is 5.41 Å². The topological polar surface area (TPSA) is 102 Å². The minimum absolute atomic E-state index is 0.0547. The van der Waals surface area contributed by atoms with Gasteiger partial charge in [-0.2, -0.15) is 5.26 Å². The minimum atomic E-state index is -0.953. The number of hydrogen-bond donors (Lipinski definition) is 3. The molecule has 6 nitrogen and oxygen atoms in total. The molecule has 0 fully saturated rings. The first-order chi connectivity index (χ1) is 9.97. The average molecular weight is 289 g/mol. The number of nitriles is 1. The number of rotatable bonds is 6. The first-order valence-electron chi connectivity index (χ1n) is 6.76. The second-order valence-corrected chi connectivity index (χ2v) is 4.79. The molecule has 0 aliphatic carbocycles. The molecule has 0 radical (unpaired) electrons. The fourth-order valence-electron chi connectivity index (χ4n) is 1.97. The molecule has 6 heteroatoms. The van der Waals surface area contributed by atoms with Gasteiger partial charge in [0.25, 0.3) is 0 Å². The number of carboxylic acids is 1. The lowest BCUT2D eigenvalue weighted by Crippen LogP contribution is -2.43. The summed E-state index contributed by atoms with van der Waals surface area (Å²) >= 11 is 0. The van der Waals surface area contributed by atoms with E-state index in [1.165, 1.54) is 0 Å². The molecular weight excluding hydrogens is 270 g/mol. The molecule has 2 amide bonds. The number of urea groups is 1. The molecule has 21 heavy (non-hydrogen) atoms. The van der Waals surface area contributed by atoms with Gasteiger partial charge in [0.1, 0.15) is 0 Å². The number of benzene rings is 1. The predicted octanol–water partition coefficient (Wildman–Crippen LogP) is 2.57. The Morgan fingerprint density at radius 1 is 1.33 bits per heavy atom. The maximum atomic E-state index is 11.8. The lowest BCUT2D eigenvalue weighted by molar-refractivity contribution is -0.149. The van der Waals surface area contributed by atoms with E-state index in [9.17, 15) is 14.7 Å². The summed E-state index contributed by atoms with van der Waals surface area (Å²) in [6, 6.07) is 7.99. The summed E-state index contributed by atoms with van der Waals surface area (Å²) in [5, 5.41) is 23.2. The molecule has 0 atom stereocenters. The molecule has 0 aromatic heterocycles. The molecule has 0 aliphatic heterocycles. The zero-order valence-electron chi connectivity index (χ0n) is 12.1. The smallest absolute Gasteiger partial charge is 0.319 e. The number of anilines is 1. The maximum absolute atomic E-state index is 11.8.